The van der Waals surface area contributed by atoms with Gasteiger partial charge in [-0.15, -0.1) is 0 Å². The SMILES string of the molecule is CN1C(=O)Cc2ccc(C3(N=C=O)CC3)cc21. The number of likely N-dealkylation sites (N-methyl/N-ethyl adjacent to an activating group) is 1. The average Bonchev–Trinajstić information content (AvgIpc) is 3.04. The molecule has 1 aliphatic carbocycles. The van der Waals surface area contributed by atoms with Crippen LogP contribution < -0.4 is 4.90 Å². The number of rotatable bonds is 2. The van der Waals surface area contributed by atoms with Crippen molar-refractivity contribution in [3.63, 3.8) is 0 Å². The first-order chi connectivity index (χ1) is 8.16. The highest BCUT2D eigenvalue weighted by Crippen LogP contribution is 2.50. The lowest BCUT2D eigenvalue weighted by molar-refractivity contribution is -0.117. The Bertz CT molecular complexity index is 555. The monoisotopic (exact) mass is 228 g/mol. The van der Waals surface area contributed by atoms with Crippen LogP contribution in [0.4, 0.5) is 5.69 Å². The van der Waals surface area contributed by atoms with E-state index in [2.05, 4.69) is 4.99 Å². The van der Waals surface area contributed by atoms with Crippen LogP contribution in [0.3, 0.4) is 0 Å². The second kappa shape index (κ2) is 3.28. The molecule has 0 N–H and O–H groups in total. The van der Waals surface area contributed by atoms with Crippen LogP contribution in [0.25, 0.3) is 0 Å². The summed E-state index contributed by atoms with van der Waals surface area (Å²) in [5.74, 6) is 0.112. The van der Waals surface area contributed by atoms with Crippen molar-refractivity contribution in [2.45, 2.75) is 24.8 Å². The molecule has 0 aromatic heterocycles. The fraction of sp³-hybridized carbons (Fsp3) is 0.385. The van der Waals surface area contributed by atoms with Crippen LogP contribution in [0.5, 0.6) is 0 Å². The topological polar surface area (TPSA) is 49.7 Å². The minimum atomic E-state index is -0.358. The normalized spacial score (nSPS) is 19.8. The van der Waals surface area contributed by atoms with Crippen LogP contribution in [0.1, 0.15) is 24.0 Å². The number of carbonyl (C=O) groups excluding carboxylic acids is 2. The van der Waals surface area contributed by atoms with Gasteiger partial charge in [0.15, 0.2) is 0 Å². The van der Waals surface area contributed by atoms with E-state index in [1.54, 1.807) is 18.0 Å². The zero-order valence-electron chi connectivity index (χ0n) is 9.56. The van der Waals surface area contributed by atoms with Gasteiger partial charge in [-0.25, -0.2) is 4.79 Å². The first kappa shape index (κ1) is 10.2. The molecule has 1 fully saturated rings. The maximum absolute atomic E-state index is 11.6. The lowest BCUT2D eigenvalue weighted by Gasteiger charge is -2.14. The molecule has 0 spiro atoms. The largest absolute Gasteiger partial charge is 0.315 e. The number of fused-ring (bicyclic) bond motifs is 1. The zero-order valence-corrected chi connectivity index (χ0v) is 9.56. The number of aliphatic imine (C=N–C) groups is 1. The fourth-order valence-corrected chi connectivity index (χ4v) is 2.40. The molecule has 1 saturated carbocycles. The van der Waals surface area contributed by atoms with Crippen molar-refractivity contribution in [3.05, 3.63) is 29.3 Å². The Hall–Kier alpha value is -1.93. The summed E-state index contributed by atoms with van der Waals surface area (Å²) < 4.78 is 0. The van der Waals surface area contributed by atoms with Crippen molar-refractivity contribution >= 4 is 17.7 Å². The van der Waals surface area contributed by atoms with E-state index in [9.17, 15) is 9.59 Å². The lowest BCUT2D eigenvalue weighted by atomic mass is 10.0. The molecule has 1 aliphatic heterocycles. The zero-order chi connectivity index (χ0) is 12.0. The van der Waals surface area contributed by atoms with Gasteiger partial charge >= 0.3 is 0 Å². The molecular formula is C13H12N2O2. The molecule has 17 heavy (non-hydrogen) atoms. The molecule has 0 bridgehead atoms. The predicted molar refractivity (Wildman–Crippen MR) is 62.6 cm³/mol. The summed E-state index contributed by atoms with van der Waals surface area (Å²) in [7, 11) is 1.78. The molecule has 0 atom stereocenters. The molecular weight excluding hydrogens is 216 g/mol. The Labute approximate surface area is 99.0 Å². The smallest absolute Gasteiger partial charge is 0.235 e. The molecule has 2 aliphatic rings. The van der Waals surface area contributed by atoms with Crippen molar-refractivity contribution in [2.24, 2.45) is 4.99 Å². The van der Waals surface area contributed by atoms with Crippen molar-refractivity contribution in [2.75, 3.05) is 11.9 Å². The highest BCUT2D eigenvalue weighted by atomic mass is 16.2. The Morgan fingerprint density at radius 1 is 1.41 bits per heavy atom. The highest BCUT2D eigenvalue weighted by molar-refractivity contribution is 6.01. The standard InChI is InChI=1S/C13H12N2O2/c1-15-11-7-10(13(4-5-13)14-8-16)3-2-9(11)6-12(15)17/h2-3,7H,4-6H2,1H3. The van der Waals surface area contributed by atoms with E-state index in [0.717, 1.165) is 29.7 Å². The number of hydrogen-bond acceptors (Lipinski definition) is 3. The summed E-state index contributed by atoms with van der Waals surface area (Å²) in [5, 5.41) is 0. The molecule has 1 aromatic carbocycles. The third-order valence-corrected chi connectivity index (χ3v) is 3.68. The summed E-state index contributed by atoms with van der Waals surface area (Å²) in [4.78, 5) is 27.6. The molecule has 0 saturated heterocycles. The highest BCUT2D eigenvalue weighted by Gasteiger charge is 2.45. The van der Waals surface area contributed by atoms with Gasteiger partial charge in [0.05, 0.1) is 12.0 Å². The van der Waals surface area contributed by atoms with E-state index in [4.69, 9.17) is 0 Å². The van der Waals surface area contributed by atoms with Gasteiger partial charge in [0, 0.05) is 12.7 Å². The Morgan fingerprint density at radius 3 is 2.82 bits per heavy atom. The van der Waals surface area contributed by atoms with E-state index in [1.165, 1.54) is 0 Å². The molecule has 1 aromatic rings. The third-order valence-electron chi connectivity index (χ3n) is 3.68. The van der Waals surface area contributed by atoms with Crippen LogP contribution in [0.2, 0.25) is 0 Å². The van der Waals surface area contributed by atoms with E-state index < -0.39 is 0 Å². The van der Waals surface area contributed by atoms with Crippen LogP contribution in [0.15, 0.2) is 23.2 Å². The van der Waals surface area contributed by atoms with Crippen LogP contribution in [0, 0.1) is 0 Å². The van der Waals surface area contributed by atoms with Gasteiger partial charge in [-0.05, 0) is 30.0 Å². The van der Waals surface area contributed by atoms with E-state index in [-0.39, 0.29) is 11.4 Å². The number of benzene rings is 1. The van der Waals surface area contributed by atoms with Gasteiger partial charge in [-0.2, -0.15) is 4.99 Å². The maximum atomic E-state index is 11.6. The van der Waals surface area contributed by atoms with E-state index >= 15 is 0 Å². The van der Waals surface area contributed by atoms with E-state index in [1.807, 2.05) is 18.2 Å². The molecule has 4 nitrogen and oxygen atoms in total. The summed E-state index contributed by atoms with van der Waals surface area (Å²) >= 11 is 0. The second-order valence-electron chi connectivity index (χ2n) is 4.71. The van der Waals surface area contributed by atoms with Gasteiger partial charge < -0.3 is 4.90 Å². The molecule has 0 radical (unpaired) electrons. The van der Waals surface area contributed by atoms with Gasteiger partial charge in [0.25, 0.3) is 0 Å². The van der Waals surface area contributed by atoms with Gasteiger partial charge in [-0.1, -0.05) is 12.1 Å². The van der Waals surface area contributed by atoms with Crippen LogP contribution in [-0.4, -0.2) is 19.0 Å². The molecule has 1 amide bonds. The first-order valence-electron chi connectivity index (χ1n) is 5.65. The molecule has 1 heterocycles. The fourth-order valence-electron chi connectivity index (χ4n) is 2.40. The first-order valence-corrected chi connectivity index (χ1v) is 5.65. The Balaban J connectivity index is 2.06. The van der Waals surface area contributed by atoms with Crippen molar-refractivity contribution in [3.8, 4) is 0 Å². The van der Waals surface area contributed by atoms with E-state index in [0.29, 0.717) is 6.42 Å². The Morgan fingerprint density at radius 2 is 2.18 bits per heavy atom. The second-order valence-corrected chi connectivity index (χ2v) is 4.71. The van der Waals surface area contributed by atoms with Gasteiger partial charge in [-0.3, -0.25) is 4.79 Å². The molecule has 3 rings (SSSR count). The van der Waals surface area contributed by atoms with Crippen LogP contribution >= 0.6 is 0 Å². The van der Waals surface area contributed by atoms with Crippen molar-refractivity contribution < 1.29 is 9.59 Å². The maximum Gasteiger partial charge on any atom is 0.235 e. The van der Waals surface area contributed by atoms with Gasteiger partial charge in [0.2, 0.25) is 12.0 Å². The summed E-state index contributed by atoms with van der Waals surface area (Å²) in [6.45, 7) is 0. The minimum absolute atomic E-state index is 0.112. The van der Waals surface area contributed by atoms with Crippen molar-refractivity contribution in [1.29, 1.82) is 0 Å². The molecule has 0 unspecified atom stereocenters. The Kier molecular flexibility index (Phi) is 1.98. The van der Waals surface area contributed by atoms with Crippen molar-refractivity contribution in [1.82, 2.24) is 0 Å². The number of carbonyl (C=O) groups is 1. The van der Waals surface area contributed by atoms with Crippen LogP contribution in [-0.2, 0) is 21.5 Å². The third kappa shape index (κ3) is 1.41. The average molecular weight is 228 g/mol. The summed E-state index contributed by atoms with van der Waals surface area (Å²) in [5.41, 5.74) is 2.65. The van der Waals surface area contributed by atoms with Gasteiger partial charge in [0.1, 0.15) is 0 Å². The number of nitrogens with zero attached hydrogens (tertiary/aromatic N) is 2. The summed E-state index contributed by atoms with van der Waals surface area (Å²) in [6, 6.07) is 5.92. The summed E-state index contributed by atoms with van der Waals surface area (Å²) in [6.07, 6.45) is 3.89. The number of isocyanates is 1. The number of hydrogen-bond donors (Lipinski definition) is 0. The lowest BCUT2D eigenvalue weighted by Crippen LogP contribution is -2.20. The predicted octanol–water partition coefficient (Wildman–Crippen LogP) is 1.53. The molecule has 4 heteroatoms. The number of anilines is 1. The molecule has 86 valence electrons. The number of amides is 1. The quantitative estimate of drug-likeness (QED) is 0.569. The minimum Gasteiger partial charge on any atom is -0.315 e.